The Morgan fingerprint density at radius 1 is 1.21 bits per heavy atom. The van der Waals surface area contributed by atoms with Crippen molar-refractivity contribution in [3.05, 3.63) is 0 Å². The first kappa shape index (κ1) is 12.4. The minimum Gasteiger partial charge on any atom is -0.391 e. The van der Waals surface area contributed by atoms with Gasteiger partial charge in [0.25, 0.3) is 0 Å². The van der Waals surface area contributed by atoms with Crippen LogP contribution in [0.15, 0.2) is 0 Å². The molecular weight excluding hydrogens is 244 g/mol. The fourth-order valence-corrected chi connectivity index (χ4v) is 2.06. The van der Waals surface area contributed by atoms with E-state index in [2.05, 4.69) is 32.7 Å². The van der Waals surface area contributed by atoms with Crippen LogP contribution in [0, 0.1) is 0 Å². The first-order chi connectivity index (χ1) is 6.76. The van der Waals surface area contributed by atoms with Crippen molar-refractivity contribution in [2.75, 3.05) is 44.6 Å². The smallest absolute Gasteiger partial charge is 0.0763 e. The fourth-order valence-electron chi connectivity index (χ4n) is 1.86. The largest absolute Gasteiger partial charge is 0.391 e. The topological polar surface area (TPSA) is 26.7 Å². The fraction of sp³-hybridized carbons (Fsp3) is 1.00. The van der Waals surface area contributed by atoms with E-state index in [-0.39, 0.29) is 6.10 Å². The highest BCUT2D eigenvalue weighted by atomic mass is 79.9. The van der Waals surface area contributed by atoms with E-state index in [1.165, 1.54) is 13.0 Å². The van der Waals surface area contributed by atoms with Crippen LogP contribution in [0.4, 0.5) is 0 Å². The third-order valence-corrected chi connectivity index (χ3v) is 3.40. The Morgan fingerprint density at radius 2 is 1.79 bits per heavy atom. The van der Waals surface area contributed by atoms with Gasteiger partial charge in [-0.3, -0.25) is 4.90 Å². The minimum atomic E-state index is -0.215. The zero-order valence-electron chi connectivity index (χ0n) is 8.95. The van der Waals surface area contributed by atoms with E-state index in [4.69, 9.17) is 0 Å². The molecule has 84 valence electrons. The molecule has 1 N–H and O–H groups in total. The maximum atomic E-state index is 9.48. The van der Waals surface area contributed by atoms with Crippen LogP contribution in [0.25, 0.3) is 0 Å². The molecule has 0 aliphatic carbocycles. The number of hydrogen-bond donors (Lipinski definition) is 1. The lowest BCUT2D eigenvalue weighted by Crippen LogP contribution is -2.48. The number of nitrogens with zero attached hydrogens (tertiary/aromatic N) is 2. The summed E-state index contributed by atoms with van der Waals surface area (Å²) in [6.45, 7) is 8.76. The molecular formula is C10H21BrN2O. The lowest BCUT2D eigenvalue weighted by molar-refractivity contribution is 0.0832. The number of piperazine rings is 1. The van der Waals surface area contributed by atoms with E-state index >= 15 is 0 Å². The summed E-state index contributed by atoms with van der Waals surface area (Å²) in [5.41, 5.74) is 0. The van der Waals surface area contributed by atoms with Gasteiger partial charge in [-0.05, 0) is 13.0 Å². The molecule has 1 fully saturated rings. The van der Waals surface area contributed by atoms with E-state index in [0.29, 0.717) is 5.33 Å². The summed E-state index contributed by atoms with van der Waals surface area (Å²) in [4.78, 5) is 4.84. The highest BCUT2D eigenvalue weighted by molar-refractivity contribution is 9.09. The highest BCUT2D eigenvalue weighted by Gasteiger charge is 2.17. The average molecular weight is 265 g/mol. The van der Waals surface area contributed by atoms with Gasteiger partial charge in [-0.1, -0.05) is 22.9 Å². The molecule has 1 unspecified atom stereocenters. The summed E-state index contributed by atoms with van der Waals surface area (Å²) < 4.78 is 0. The Labute approximate surface area is 95.2 Å². The molecule has 0 saturated carbocycles. The standard InChI is InChI=1S/C10H21BrN2O/c1-2-3-12-4-6-13(7-5-12)9-10(14)8-11/h10,14H,2-9H2,1H3. The molecule has 1 saturated heterocycles. The van der Waals surface area contributed by atoms with E-state index in [1.807, 2.05) is 0 Å². The molecule has 3 nitrogen and oxygen atoms in total. The Bertz CT molecular complexity index is 149. The van der Waals surface area contributed by atoms with Crippen LogP contribution in [-0.2, 0) is 0 Å². The van der Waals surface area contributed by atoms with Crippen molar-refractivity contribution in [3.8, 4) is 0 Å². The van der Waals surface area contributed by atoms with Crippen LogP contribution in [0.5, 0.6) is 0 Å². The van der Waals surface area contributed by atoms with Crippen LogP contribution in [0.2, 0.25) is 0 Å². The first-order valence-corrected chi connectivity index (χ1v) is 6.57. The number of halogens is 1. The Balaban J connectivity index is 2.15. The van der Waals surface area contributed by atoms with E-state index in [1.54, 1.807) is 0 Å². The van der Waals surface area contributed by atoms with Crippen molar-refractivity contribution in [3.63, 3.8) is 0 Å². The van der Waals surface area contributed by atoms with Crippen LogP contribution >= 0.6 is 15.9 Å². The first-order valence-electron chi connectivity index (χ1n) is 5.45. The molecule has 1 aliphatic heterocycles. The lowest BCUT2D eigenvalue weighted by Gasteiger charge is -2.35. The number of aliphatic hydroxyl groups is 1. The summed E-state index contributed by atoms with van der Waals surface area (Å²) in [6, 6.07) is 0. The SMILES string of the molecule is CCCN1CCN(CC(O)CBr)CC1. The van der Waals surface area contributed by atoms with Crippen LogP contribution in [0.3, 0.4) is 0 Å². The van der Waals surface area contributed by atoms with Crippen molar-refractivity contribution in [2.45, 2.75) is 19.4 Å². The zero-order valence-corrected chi connectivity index (χ0v) is 10.5. The zero-order chi connectivity index (χ0) is 10.4. The van der Waals surface area contributed by atoms with Crippen molar-refractivity contribution in [2.24, 2.45) is 0 Å². The summed E-state index contributed by atoms with van der Waals surface area (Å²) >= 11 is 3.29. The monoisotopic (exact) mass is 264 g/mol. The molecule has 0 aromatic carbocycles. The Morgan fingerprint density at radius 3 is 2.29 bits per heavy atom. The molecule has 1 atom stereocenters. The number of rotatable bonds is 5. The van der Waals surface area contributed by atoms with Gasteiger partial charge in [-0.25, -0.2) is 0 Å². The van der Waals surface area contributed by atoms with E-state index in [0.717, 1.165) is 32.7 Å². The average Bonchev–Trinajstić information content (AvgIpc) is 2.21. The molecule has 0 amide bonds. The van der Waals surface area contributed by atoms with Crippen molar-refractivity contribution in [1.29, 1.82) is 0 Å². The van der Waals surface area contributed by atoms with Crippen LogP contribution in [0.1, 0.15) is 13.3 Å². The molecule has 0 radical (unpaired) electrons. The summed E-state index contributed by atoms with van der Waals surface area (Å²) in [5, 5.41) is 10.2. The quantitative estimate of drug-likeness (QED) is 0.744. The van der Waals surface area contributed by atoms with Crippen molar-refractivity contribution >= 4 is 15.9 Å². The molecule has 4 heteroatoms. The maximum Gasteiger partial charge on any atom is 0.0763 e. The Hall–Kier alpha value is 0.360. The summed E-state index contributed by atoms with van der Waals surface area (Å²) in [7, 11) is 0. The van der Waals surface area contributed by atoms with Crippen molar-refractivity contribution < 1.29 is 5.11 Å². The van der Waals surface area contributed by atoms with Gasteiger partial charge in [-0.2, -0.15) is 0 Å². The Kier molecular flexibility index (Phi) is 6.01. The highest BCUT2D eigenvalue weighted by Crippen LogP contribution is 2.04. The maximum absolute atomic E-state index is 9.48. The van der Waals surface area contributed by atoms with Gasteiger partial charge in [0.15, 0.2) is 0 Å². The second-order valence-electron chi connectivity index (χ2n) is 3.95. The number of β-amino-alcohol motifs (C(OH)–C–C–N with tert-alkyl or cyclic N) is 1. The molecule has 1 heterocycles. The van der Waals surface area contributed by atoms with Gasteiger partial charge in [0.2, 0.25) is 0 Å². The molecule has 0 spiro atoms. The van der Waals surface area contributed by atoms with E-state index < -0.39 is 0 Å². The van der Waals surface area contributed by atoms with Gasteiger partial charge in [-0.15, -0.1) is 0 Å². The molecule has 0 bridgehead atoms. The van der Waals surface area contributed by atoms with Gasteiger partial charge >= 0.3 is 0 Å². The predicted molar refractivity (Wildman–Crippen MR) is 63.0 cm³/mol. The lowest BCUT2D eigenvalue weighted by atomic mass is 10.2. The van der Waals surface area contributed by atoms with Gasteiger partial charge in [0, 0.05) is 38.1 Å². The number of hydrogen-bond acceptors (Lipinski definition) is 3. The van der Waals surface area contributed by atoms with Crippen molar-refractivity contribution in [1.82, 2.24) is 9.80 Å². The van der Waals surface area contributed by atoms with Crippen LogP contribution in [-0.4, -0.2) is 65.6 Å². The third-order valence-electron chi connectivity index (χ3n) is 2.65. The molecule has 14 heavy (non-hydrogen) atoms. The minimum absolute atomic E-state index is 0.215. The molecule has 0 aromatic rings. The van der Waals surface area contributed by atoms with Gasteiger partial charge in [0.1, 0.15) is 0 Å². The molecule has 1 rings (SSSR count). The number of aliphatic hydroxyl groups excluding tert-OH is 1. The molecule has 0 aromatic heterocycles. The normalized spacial score (nSPS) is 22.5. The molecule has 1 aliphatic rings. The number of alkyl halides is 1. The van der Waals surface area contributed by atoms with Gasteiger partial charge in [0.05, 0.1) is 6.10 Å². The summed E-state index contributed by atoms with van der Waals surface area (Å²) in [5.74, 6) is 0. The third kappa shape index (κ3) is 4.26. The van der Waals surface area contributed by atoms with Gasteiger partial charge < -0.3 is 10.0 Å². The second kappa shape index (κ2) is 6.77. The summed E-state index contributed by atoms with van der Waals surface area (Å²) in [6.07, 6.45) is 1.03. The van der Waals surface area contributed by atoms with Crippen LogP contribution < -0.4 is 0 Å². The predicted octanol–water partition coefficient (Wildman–Crippen LogP) is 0.770. The van der Waals surface area contributed by atoms with E-state index in [9.17, 15) is 5.11 Å². The second-order valence-corrected chi connectivity index (χ2v) is 4.60.